The lowest BCUT2D eigenvalue weighted by Gasteiger charge is -2.22. The zero-order chi connectivity index (χ0) is 22.1. The van der Waals surface area contributed by atoms with E-state index in [1.807, 2.05) is 4.90 Å². The Morgan fingerprint density at radius 3 is 2.62 bits per heavy atom. The van der Waals surface area contributed by atoms with Crippen LogP contribution < -0.4 is 0 Å². The first-order chi connectivity index (χ1) is 15.6. The molecule has 1 aliphatic heterocycles. The number of nitrogens with zero attached hydrogens (tertiary/aromatic N) is 4. The van der Waals surface area contributed by atoms with E-state index < -0.39 is 0 Å². The Kier molecular flexibility index (Phi) is 5.79. The smallest absolute Gasteiger partial charge is 0.274 e. The Morgan fingerprint density at radius 2 is 1.78 bits per heavy atom. The van der Waals surface area contributed by atoms with Gasteiger partial charge in [-0.15, -0.1) is 0 Å². The van der Waals surface area contributed by atoms with Crippen LogP contribution in [0.25, 0.3) is 5.69 Å². The number of rotatable bonds is 4. The standard InChI is InChI=1S/C26H29FN4O/c1-19-8-2-3-9-20(19)18-29-14-7-15-30(17-16-29)26(32)25-21-10-6-13-23(21)31(28-25)24-12-5-4-11-22(24)27/h2-5,8-9,11-12H,6-7,10,13-18H2,1H3. The molecule has 0 unspecified atom stereocenters. The molecule has 0 radical (unpaired) electrons. The van der Waals surface area contributed by atoms with Crippen molar-refractivity contribution >= 4 is 5.91 Å². The number of carbonyl (C=O) groups is 1. The molecule has 1 saturated heterocycles. The number of aryl methyl sites for hydroxylation is 1. The molecule has 2 aliphatic rings. The maximum atomic E-state index is 14.5. The Balaban J connectivity index is 1.34. The fourth-order valence-corrected chi connectivity index (χ4v) is 4.94. The van der Waals surface area contributed by atoms with Gasteiger partial charge in [0.25, 0.3) is 5.91 Å². The normalized spacial score (nSPS) is 16.8. The van der Waals surface area contributed by atoms with Crippen LogP contribution in [0.4, 0.5) is 4.39 Å². The summed E-state index contributed by atoms with van der Waals surface area (Å²) in [6.45, 7) is 6.29. The predicted molar refractivity (Wildman–Crippen MR) is 123 cm³/mol. The number of para-hydroxylation sites is 1. The zero-order valence-corrected chi connectivity index (χ0v) is 18.6. The third-order valence-corrected chi connectivity index (χ3v) is 6.74. The summed E-state index contributed by atoms with van der Waals surface area (Å²) >= 11 is 0. The highest BCUT2D eigenvalue weighted by atomic mass is 19.1. The van der Waals surface area contributed by atoms with Crippen LogP contribution in [0.2, 0.25) is 0 Å². The van der Waals surface area contributed by atoms with Crippen LogP contribution >= 0.6 is 0 Å². The van der Waals surface area contributed by atoms with E-state index in [1.54, 1.807) is 22.9 Å². The van der Waals surface area contributed by atoms with E-state index in [2.05, 4.69) is 41.2 Å². The molecule has 0 N–H and O–H groups in total. The monoisotopic (exact) mass is 432 g/mol. The van der Waals surface area contributed by atoms with Crippen LogP contribution in [0.5, 0.6) is 0 Å². The first-order valence-electron chi connectivity index (χ1n) is 11.5. The summed E-state index contributed by atoms with van der Waals surface area (Å²) in [6.07, 6.45) is 3.58. The minimum absolute atomic E-state index is 0.0176. The van der Waals surface area contributed by atoms with Gasteiger partial charge in [-0.2, -0.15) is 5.10 Å². The Morgan fingerprint density at radius 1 is 0.969 bits per heavy atom. The van der Waals surface area contributed by atoms with Gasteiger partial charge in [0.1, 0.15) is 11.5 Å². The van der Waals surface area contributed by atoms with E-state index in [4.69, 9.17) is 0 Å². The molecule has 2 heterocycles. The summed E-state index contributed by atoms with van der Waals surface area (Å²) in [5.74, 6) is -0.332. The average molecular weight is 433 g/mol. The molecule has 5 nitrogen and oxygen atoms in total. The minimum Gasteiger partial charge on any atom is -0.336 e. The molecule has 0 spiro atoms. The molecule has 0 atom stereocenters. The molecule has 3 aromatic rings. The molecule has 1 fully saturated rings. The van der Waals surface area contributed by atoms with Gasteiger partial charge in [-0.25, -0.2) is 9.07 Å². The first-order valence-corrected chi connectivity index (χ1v) is 11.5. The first kappa shape index (κ1) is 20.9. The molecule has 1 aromatic heterocycles. The van der Waals surface area contributed by atoms with Crippen molar-refractivity contribution in [1.82, 2.24) is 19.6 Å². The quantitative estimate of drug-likeness (QED) is 0.622. The van der Waals surface area contributed by atoms with Gasteiger partial charge in [0, 0.05) is 44.0 Å². The molecule has 1 amide bonds. The maximum absolute atomic E-state index is 14.5. The van der Waals surface area contributed by atoms with E-state index >= 15 is 0 Å². The summed E-state index contributed by atoms with van der Waals surface area (Å²) in [7, 11) is 0. The van der Waals surface area contributed by atoms with Crippen molar-refractivity contribution in [3.63, 3.8) is 0 Å². The number of fused-ring (bicyclic) bond motifs is 1. The topological polar surface area (TPSA) is 41.4 Å². The molecule has 6 heteroatoms. The molecular formula is C26H29FN4O. The van der Waals surface area contributed by atoms with Crippen LogP contribution in [0.1, 0.15) is 45.7 Å². The molecule has 5 rings (SSSR count). The van der Waals surface area contributed by atoms with Crippen LogP contribution in [-0.4, -0.2) is 51.7 Å². The highest BCUT2D eigenvalue weighted by Crippen LogP contribution is 2.29. The van der Waals surface area contributed by atoms with Gasteiger partial charge in [0.2, 0.25) is 0 Å². The van der Waals surface area contributed by atoms with E-state index in [-0.39, 0.29) is 11.7 Å². The fourth-order valence-electron chi connectivity index (χ4n) is 4.94. The summed E-state index contributed by atoms with van der Waals surface area (Å²) in [5.41, 5.74) is 5.56. The van der Waals surface area contributed by atoms with E-state index in [1.165, 1.54) is 17.2 Å². The van der Waals surface area contributed by atoms with Crippen molar-refractivity contribution in [2.24, 2.45) is 0 Å². The van der Waals surface area contributed by atoms with E-state index in [0.717, 1.165) is 63.1 Å². The highest BCUT2D eigenvalue weighted by Gasteiger charge is 2.31. The lowest BCUT2D eigenvalue weighted by atomic mass is 10.1. The van der Waals surface area contributed by atoms with Gasteiger partial charge in [0.15, 0.2) is 5.69 Å². The summed E-state index contributed by atoms with van der Waals surface area (Å²) in [4.78, 5) is 17.9. The van der Waals surface area contributed by atoms with Crippen molar-refractivity contribution in [3.8, 4) is 5.69 Å². The van der Waals surface area contributed by atoms with Crippen molar-refractivity contribution in [3.05, 3.63) is 82.4 Å². The zero-order valence-electron chi connectivity index (χ0n) is 18.6. The number of aromatic nitrogens is 2. The Labute approximate surface area is 188 Å². The molecule has 166 valence electrons. The van der Waals surface area contributed by atoms with Gasteiger partial charge in [-0.05, 0) is 55.9 Å². The van der Waals surface area contributed by atoms with Crippen LogP contribution in [0.3, 0.4) is 0 Å². The number of hydrogen-bond donors (Lipinski definition) is 0. The van der Waals surface area contributed by atoms with Gasteiger partial charge in [-0.1, -0.05) is 36.4 Å². The summed E-state index contributed by atoms with van der Waals surface area (Å²) in [5, 5.41) is 4.64. The molecular weight excluding hydrogens is 403 g/mol. The number of benzene rings is 2. The second kappa shape index (κ2) is 8.87. The number of amides is 1. The van der Waals surface area contributed by atoms with Crippen LogP contribution in [-0.2, 0) is 19.4 Å². The predicted octanol–water partition coefficient (Wildman–Crippen LogP) is 4.16. The third kappa shape index (κ3) is 3.95. The molecule has 2 aromatic carbocycles. The van der Waals surface area contributed by atoms with Gasteiger partial charge >= 0.3 is 0 Å². The minimum atomic E-state index is -0.315. The van der Waals surface area contributed by atoms with E-state index in [0.29, 0.717) is 17.9 Å². The number of halogens is 1. The SMILES string of the molecule is Cc1ccccc1CN1CCCN(C(=O)c2nn(-c3ccccc3F)c3c2CCC3)CC1. The second-order valence-electron chi connectivity index (χ2n) is 8.84. The van der Waals surface area contributed by atoms with Gasteiger partial charge < -0.3 is 4.90 Å². The second-order valence-corrected chi connectivity index (χ2v) is 8.84. The van der Waals surface area contributed by atoms with Gasteiger partial charge in [-0.3, -0.25) is 9.69 Å². The highest BCUT2D eigenvalue weighted by molar-refractivity contribution is 5.94. The number of carbonyl (C=O) groups excluding carboxylic acids is 1. The fraction of sp³-hybridized carbons (Fsp3) is 0.385. The van der Waals surface area contributed by atoms with Gasteiger partial charge in [0.05, 0.1) is 0 Å². The van der Waals surface area contributed by atoms with Crippen molar-refractivity contribution in [1.29, 1.82) is 0 Å². The lowest BCUT2D eigenvalue weighted by molar-refractivity contribution is 0.0753. The molecule has 32 heavy (non-hydrogen) atoms. The van der Waals surface area contributed by atoms with Crippen molar-refractivity contribution in [2.45, 2.75) is 39.2 Å². The summed E-state index contributed by atoms with van der Waals surface area (Å²) in [6, 6.07) is 15.1. The molecule has 0 saturated carbocycles. The van der Waals surface area contributed by atoms with Crippen LogP contribution in [0, 0.1) is 12.7 Å². The largest absolute Gasteiger partial charge is 0.336 e. The Hall–Kier alpha value is -2.99. The Bertz CT molecular complexity index is 1140. The molecule has 0 bridgehead atoms. The van der Waals surface area contributed by atoms with E-state index in [9.17, 15) is 9.18 Å². The maximum Gasteiger partial charge on any atom is 0.274 e. The molecule has 1 aliphatic carbocycles. The van der Waals surface area contributed by atoms with Crippen molar-refractivity contribution in [2.75, 3.05) is 26.2 Å². The average Bonchev–Trinajstić information content (AvgIpc) is 3.32. The third-order valence-electron chi connectivity index (χ3n) is 6.74. The van der Waals surface area contributed by atoms with Crippen LogP contribution in [0.15, 0.2) is 48.5 Å². The van der Waals surface area contributed by atoms with Crippen molar-refractivity contribution < 1.29 is 9.18 Å². The number of hydrogen-bond acceptors (Lipinski definition) is 3. The lowest BCUT2D eigenvalue weighted by Crippen LogP contribution is -2.35. The summed E-state index contributed by atoms with van der Waals surface area (Å²) < 4.78 is 16.1.